The quantitative estimate of drug-likeness (QED) is 0.514. The summed E-state index contributed by atoms with van der Waals surface area (Å²) in [6, 6.07) is 12.6. The van der Waals surface area contributed by atoms with E-state index < -0.39 is 10.0 Å². The minimum absolute atomic E-state index is 0.0138. The molecule has 1 aromatic carbocycles. The highest BCUT2D eigenvalue weighted by Crippen LogP contribution is 2.30. The summed E-state index contributed by atoms with van der Waals surface area (Å²) in [5.74, 6) is 0.0591. The lowest BCUT2D eigenvalue weighted by atomic mass is 10.1. The van der Waals surface area contributed by atoms with Gasteiger partial charge < -0.3 is 5.11 Å². The maximum absolute atomic E-state index is 13.7. The van der Waals surface area contributed by atoms with Gasteiger partial charge in [-0.05, 0) is 37.0 Å². The first-order chi connectivity index (χ1) is 15.5. The van der Waals surface area contributed by atoms with Gasteiger partial charge in [-0.2, -0.15) is 4.31 Å². The van der Waals surface area contributed by atoms with E-state index in [1.807, 2.05) is 30.3 Å². The van der Waals surface area contributed by atoms with Crippen LogP contribution in [-0.2, 0) is 16.4 Å². The molecule has 3 aromatic rings. The highest BCUT2D eigenvalue weighted by Gasteiger charge is 2.35. The molecule has 1 aliphatic carbocycles. The molecule has 0 saturated heterocycles. The number of benzene rings is 1. The number of nitrogens with one attached hydrogen (secondary N) is 1. The van der Waals surface area contributed by atoms with E-state index in [-0.39, 0.29) is 35.5 Å². The summed E-state index contributed by atoms with van der Waals surface area (Å²) < 4.78 is 30.1. The van der Waals surface area contributed by atoms with Gasteiger partial charge in [-0.25, -0.2) is 18.1 Å². The van der Waals surface area contributed by atoms with Crippen molar-refractivity contribution in [2.24, 2.45) is 0 Å². The summed E-state index contributed by atoms with van der Waals surface area (Å²) in [4.78, 5) is 17.3. The van der Waals surface area contributed by atoms with Crippen molar-refractivity contribution < 1.29 is 13.5 Å². The minimum atomic E-state index is -3.92. The number of aliphatic hydroxyl groups excluding tert-OH is 1. The second-order valence-corrected chi connectivity index (χ2v) is 9.92. The number of rotatable bonds is 9. The minimum Gasteiger partial charge on any atom is -0.396 e. The van der Waals surface area contributed by atoms with E-state index in [0.29, 0.717) is 18.4 Å². The average molecular weight is 457 g/mol. The molecule has 0 aliphatic heterocycles. The summed E-state index contributed by atoms with van der Waals surface area (Å²) >= 11 is 0. The Morgan fingerprint density at radius 3 is 2.59 bits per heavy atom. The molecule has 1 fully saturated rings. The molecule has 0 radical (unpaired) electrons. The maximum atomic E-state index is 13.7. The SMILES string of the molecule is O=c1c(Cc2ccccc2)c[nH]n1-c1ncccc1S(=O)(=O)N(CCCO)C1CCCC1. The predicted octanol–water partition coefficient (Wildman–Crippen LogP) is 2.47. The van der Waals surface area contributed by atoms with Crippen LogP contribution in [-0.4, -0.2) is 51.8 Å². The van der Waals surface area contributed by atoms with Gasteiger partial charge in [0, 0.05) is 43.6 Å². The standard InChI is InChI=1S/C23H28N4O4S/c28-15-7-14-26(20-10-4-5-11-20)32(30,31)21-12-6-13-24-22(21)27-23(29)19(17-25-27)16-18-8-2-1-3-9-18/h1-3,6,8-9,12-13,17,20,25,28H,4-5,7,10-11,14-16H2. The fraction of sp³-hybridized carbons (Fsp3) is 0.391. The topological polar surface area (TPSA) is 108 Å². The number of hydrogen-bond donors (Lipinski definition) is 2. The predicted molar refractivity (Wildman–Crippen MR) is 121 cm³/mol. The number of aromatic amines is 1. The number of H-pyrrole nitrogens is 1. The van der Waals surface area contributed by atoms with Gasteiger partial charge >= 0.3 is 0 Å². The molecular formula is C23H28N4O4S. The van der Waals surface area contributed by atoms with Gasteiger partial charge in [0.25, 0.3) is 5.56 Å². The van der Waals surface area contributed by atoms with Gasteiger partial charge in [-0.1, -0.05) is 43.2 Å². The van der Waals surface area contributed by atoms with E-state index in [2.05, 4.69) is 10.1 Å². The maximum Gasteiger partial charge on any atom is 0.276 e. The van der Waals surface area contributed by atoms with Crippen LogP contribution < -0.4 is 5.56 Å². The molecule has 0 bridgehead atoms. The summed E-state index contributed by atoms with van der Waals surface area (Å²) in [5, 5.41) is 12.2. The highest BCUT2D eigenvalue weighted by molar-refractivity contribution is 7.89. The molecule has 8 nitrogen and oxygen atoms in total. The van der Waals surface area contributed by atoms with Crippen molar-refractivity contribution >= 4 is 10.0 Å². The third kappa shape index (κ3) is 4.55. The smallest absolute Gasteiger partial charge is 0.276 e. The monoisotopic (exact) mass is 456 g/mol. The van der Waals surface area contributed by atoms with Gasteiger partial charge in [0.1, 0.15) is 4.90 Å². The Hall–Kier alpha value is -2.75. The van der Waals surface area contributed by atoms with E-state index >= 15 is 0 Å². The summed E-state index contributed by atoms with van der Waals surface area (Å²) in [7, 11) is -3.92. The molecule has 0 spiro atoms. The van der Waals surface area contributed by atoms with Crippen molar-refractivity contribution in [1.29, 1.82) is 0 Å². The zero-order chi connectivity index (χ0) is 22.6. The van der Waals surface area contributed by atoms with E-state index in [9.17, 15) is 18.3 Å². The molecule has 0 unspecified atom stereocenters. The van der Waals surface area contributed by atoms with Crippen LogP contribution >= 0.6 is 0 Å². The summed E-state index contributed by atoms with van der Waals surface area (Å²) in [5.41, 5.74) is 1.19. The first-order valence-corrected chi connectivity index (χ1v) is 12.4. The van der Waals surface area contributed by atoms with E-state index in [1.165, 1.54) is 21.3 Å². The Balaban J connectivity index is 1.72. The molecule has 2 heterocycles. The van der Waals surface area contributed by atoms with Gasteiger partial charge in [0.05, 0.1) is 0 Å². The van der Waals surface area contributed by atoms with Crippen LogP contribution in [0.5, 0.6) is 0 Å². The van der Waals surface area contributed by atoms with Crippen LogP contribution in [0.15, 0.2) is 64.5 Å². The van der Waals surface area contributed by atoms with Crippen LogP contribution in [0.25, 0.3) is 5.82 Å². The molecule has 170 valence electrons. The van der Waals surface area contributed by atoms with Crippen molar-refractivity contribution in [3.05, 3.63) is 76.3 Å². The second-order valence-electron chi connectivity index (χ2n) is 8.06. The van der Waals surface area contributed by atoms with Crippen LogP contribution in [0.2, 0.25) is 0 Å². The van der Waals surface area contributed by atoms with Crippen molar-refractivity contribution in [1.82, 2.24) is 19.1 Å². The Bertz CT molecular complexity index is 1200. The van der Waals surface area contributed by atoms with Crippen molar-refractivity contribution in [3.8, 4) is 5.82 Å². The lowest BCUT2D eigenvalue weighted by molar-refractivity contribution is 0.250. The second kappa shape index (κ2) is 9.81. The number of sulfonamides is 1. The van der Waals surface area contributed by atoms with E-state index in [4.69, 9.17) is 0 Å². The zero-order valence-electron chi connectivity index (χ0n) is 17.9. The van der Waals surface area contributed by atoms with Crippen LogP contribution in [0.3, 0.4) is 0 Å². The summed E-state index contributed by atoms with van der Waals surface area (Å²) in [6.45, 7) is 0.147. The van der Waals surface area contributed by atoms with E-state index in [1.54, 1.807) is 12.3 Å². The van der Waals surface area contributed by atoms with Crippen LogP contribution in [0, 0.1) is 0 Å². The van der Waals surface area contributed by atoms with Gasteiger partial charge in [0.15, 0.2) is 5.82 Å². The molecule has 1 aliphatic rings. The van der Waals surface area contributed by atoms with E-state index in [0.717, 1.165) is 31.2 Å². The Kier molecular flexibility index (Phi) is 6.88. The Morgan fingerprint density at radius 2 is 1.88 bits per heavy atom. The molecule has 2 aromatic heterocycles. The molecule has 0 atom stereocenters. The fourth-order valence-corrected chi connectivity index (χ4v) is 6.15. The third-order valence-electron chi connectivity index (χ3n) is 5.90. The van der Waals surface area contributed by atoms with Crippen LogP contribution in [0.4, 0.5) is 0 Å². The van der Waals surface area contributed by atoms with Crippen molar-refractivity contribution in [2.75, 3.05) is 13.2 Å². The van der Waals surface area contributed by atoms with Crippen molar-refractivity contribution in [3.63, 3.8) is 0 Å². The molecule has 9 heteroatoms. The lowest BCUT2D eigenvalue weighted by Gasteiger charge is -2.28. The third-order valence-corrected chi connectivity index (χ3v) is 7.87. The van der Waals surface area contributed by atoms with Gasteiger partial charge in [-0.3, -0.25) is 9.89 Å². The van der Waals surface area contributed by atoms with Crippen molar-refractivity contribution in [2.45, 2.75) is 49.5 Å². The van der Waals surface area contributed by atoms with Gasteiger partial charge in [0.2, 0.25) is 10.0 Å². The lowest BCUT2D eigenvalue weighted by Crippen LogP contribution is -2.40. The zero-order valence-corrected chi connectivity index (χ0v) is 18.7. The van der Waals surface area contributed by atoms with Crippen LogP contribution in [0.1, 0.15) is 43.2 Å². The Morgan fingerprint density at radius 1 is 1.12 bits per heavy atom. The molecule has 0 amide bonds. The first kappa shape index (κ1) is 22.4. The average Bonchev–Trinajstić information content (AvgIpc) is 3.45. The molecule has 4 rings (SSSR count). The normalized spacial score (nSPS) is 14.9. The Labute approximate surface area is 187 Å². The number of aliphatic hydroxyl groups is 1. The number of hydrogen-bond acceptors (Lipinski definition) is 5. The number of aromatic nitrogens is 3. The molecule has 2 N–H and O–H groups in total. The number of pyridine rings is 1. The highest BCUT2D eigenvalue weighted by atomic mass is 32.2. The first-order valence-electron chi connectivity index (χ1n) is 10.9. The molecule has 32 heavy (non-hydrogen) atoms. The summed E-state index contributed by atoms with van der Waals surface area (Å²) in [6.07, 6.45) is 7.42. The largest absolute Gasteiger partial charge is 0.396 e. The molecule has 1 saturated carbocycles. The fourth-order valence-electron chi connectivity index (χ4n) is 4.30. The van der Waals surface area contributed by atoms with Gasteiger partial charge in [-0.15, -0.1) is 0 Å². The number of nitrogens with zero attached hydrogens (tertiary/aromatic N) is 3. The molecular weight excluding hydrogens is 428 g/mol.